The third kappa shape index (κ3) is 3.87. The van der Waals surface area contributed by atoms with Gasteiger partial charge in [-0.1, -0.05) is 31.4 Å². The van der Waals surface area contributed by atoms with Crippen LogP contribution in [-0.2, 0) is 9.84 Å². The predicted molar refractivity (Wildman–Crippen MR) is 78.1 cm³/mol. The maximum atomic E-state index is 12.2. The van der Waals surface area contributed by atoms with E-state index in [9.17, 15) is 23.3 Å². The van der Waals surface area contributed by atoms with Crippen LogP contribution in [0.25, 0.3) is 0 Å². The first kappa shape index (κ1) is 15.6. The molecule has 0 radical (unpaired) electrons. The van der Waals surface area contributed by atoms with Crippen LogP contribution < -0.4 is 0 Å². The lowest BCUT2D eigenvalue weighted by Crippen LogP contribution is -2.29. The minimum absolute atomic E-state index is 0.0728. The van der Waals surface area contributed by atoms with Gasteiger partial charge >= 0.3 is 0 Å². The molecule has 114 valence electrons. The van der Waals surface area contributed by atoms with Gasteiger partial charge in [0.2, 0.25) is 0 Å². The fraction of sp³-hybridized carbons (Fsp3) is 0.500. The Morgan fingerprint density at radius 1 is 1.24 bits per heavy atom. The topological polar surface area (TPSA) is 94.3 Å². The molecule has 1 aliphatic rings. The number of sulfone groups is 1. The second-order valence-corrected chi connectivity index (χ2v) is 7.58. The molecule has 7 heteroatoms. The quantitative estimate of drug-likeness (QED) is 0.473. The number of rotatable bonds is 5. The van der Waals surface area contributed by atoms with Crippen molar-refractivity contribution in [2.45, 2.75) is 37.4 Å². The molecule has 6 nitrogen and oxygen atoms in total. The second-order valence-electron chi connectivity index (χ2n) is 5.30. The van der Waals surface area contributed by atoms with Crippen LogP contribution in [0, 0.1) is 10.1 Å². The lowest BCUT2D eigenvalue weighted by atomic mass is 10.0. The van der Waals surface area contributed by atoms with Gasteiger partial charge in [-0.05, 0) is 12.8 Å². The van der Waals surface area contributed by atoms with Gasteiger partial charge in [0.1, 0.15) is 5.75 Å². The zero-order valence-electron chi connectivity index (χ0n) is 11.5. The Balaban J connectivity index is 2.13. The number of non-ortho nitro benzene ring substituents is 1. The molecule has 0 amide bonds. The number of nitro groups is 1. The number of Topliss-reactive ketones (excluding diaryl/α,β-unsaturated/α-hetero) is 1. The van der Waals surface area contributed by atoms with Gasteiger partial charge in [0.15, 0.2) is 15.6 Å². The molecule has 0 N–H and O–H groups in total. The molecule has 1 aromatic rings. The summed E-state index contributed by atoms with van der Waals surface area (Å²) >= 11 is 0. The number of carbonyl (C=O) groups excluding carboxylic acids is 1. The van der Waals surface area contributed by atoms with E-state index in [1.807, 2.05) is 0 Å². The van der Waals surface area contributed by atoms with E-state index < -0.39 is 31.5 Å². The van der Waals surface area contributed by atoms with Crippen molar-refractivity contribution >= 4 is 21.3 Å². The monoisotopic (exact) mass is 311 g/mol. The van der Waals surface area contributed by atoms with Gasteiger partial charge < -0.3 is 0 Å². The Morgan fingerprint density at radius 2 is 1.90 bits per heavy atom. The molecule has 1 aromatic carbocycles. The van der Waals surface area contributed by atoms with Crippen LogP contribution in [0.15, 0.2) is 24.3 Å². The van der Waals surface area contributed by atoms with Gasteiger partial charge in [0.05, 0.1) is 10.2 Å². The average molecular weight is 311 g/mol. The molecule has 0 aromatic heterocycles. The summed E-state index contributed by atoms with van der Waals surface area (Å²) in [6.45, 7) is 0. The van der Waals surface area contributed by atoms with Gasteiger partial charge in [-0.3, -0.25) is 14.9 Å². The molecule has 1 aliphatic carbocycles. The number of benzene rings is 1. The normalized spacial score (nSPS) is 16.6. The highest BCUT2D eigenvalue weighted by Crippen LogP contribution is 2.25. The average Bonchev–Trinajstić information content (AvgIpc) is 2.48. The van der Waals surface area contributed by atoms with Crippen LogP contribution in [-0.4, -0.2) is 30.1 Å². The SMILES string of the molecule is O=C(CS(=O)(=O)C1CCCCC1)c1cccc([N+](=O)[O-])c1. The van der Waals surface area contributed by atoms with Crippen LogP contribution in [0.3, 0.4) is 0 Å². The number of nitro benzene ring substituents is 1. The van der Waals surface area contributed by atoms with Crippen molar-refractivity contribution in [2.75, 3.05) is 5.75 Å². The molecular weight excluding hydrogens is 294 g/mol. The molecule has 0 heterocycles. The fourth-order valence-electron chi connectivity index (χ4n) is 2.60. The summed E-state index contributed by atoms with van der Waals surface area (Å²) < 4.78 is 24.5. The van der Waals surface area contributed by atoms with E-state index in [1.54, 1.807) is 0 Å². The van der Waals surface area contributed by atoms with E-state index in [4.69, 9.17) is 0 Å². The van der Waals surface area contributed by atoms with E-state index in [1.165, 1.54) is 18.2 Å². The summed E-state index contributed by atoms with van der Waals surface area (Å²) in [5.74, 6) is -1.15. The first-order chi connectivity index (χ1) is 9.90. The summed E-state index contributed by atoms with van der Waals surface area (Å²) in [5, 5.41) is 10.2. The minimum Gasteiger partial charge on any atom is -0.293 e. The zero-order chi connectivity index (χ0) is 15.5. The highest BCUT2D eigenvalue weighted by molar-refractivity contribution is 7.92. The van der Waals surface area contributed by atoms with Crippen molar-refractivity contribution in [2.24, 2.45) is 0 Å². The molecule has 0 aliphatic heterocycles. The van der Waals surface area contributed by atoms with Gasteiger partial charge in [-0.15, -0.1) is 0 Å². The van der Waals surface area contributed by atoms with Crippen LogP contribution in [0.5, 0.6) is 0 Å². The van der Waals surface area contributed by atoms with Crippen LogP contribution in [0.1, 0.15) is 42.5 Å². The Bertz CT molecular complexity index is 647. The smallest absolute Gasteiger partial charge is 0.270 e. The molecule has 0 atom stereocenters. The maximum absolute atomic E-state index is 12.2. The standard InChI is InChI=1S/C14H17NO5S/c16-14(11-5-4-6-12(9-11)15(17)18)10-21(19,20)13-7-2-1-3-8-13/h4-6,9,13H,1-3,7-8,10H2. The van der Waals surface area contributed by atoms with E-state index in [0.29, 0.717) is 12.8 Å². The van der Waals surface area contributed by atoms with Crippen molar-refractivity contribution < 1.29 is 18.1 Å². The number of carbonyl (C=O) groups is 1. The number of hydrogen-bond acceptors (Lipinski definition) is 5. The van der Waals surface area contributed by atoms with Crippen LogP contribution >= 0.6 is 0 Å². The van der Waals surface area contributed by atoms with Crippen molar-refractivity contribution in [3.8, 4) is 0 Å². The summed E-state index contributed by atoms with van der Waals surface area (Å²) in [7, 11) is -3.48. The summed E-state index contributed by atoms with van der Waals surface area (Å²) in [5.41, 5.74) is -0.139. The van der Waals surface area contributed by atoms with E-state index in [-0.39, 0.29) is 11.3 Å². The zero-order valence-corrected chi connectivity index (χ0v) is 12.3. The van der Waals surface area contributed by atoms with Gasteiger partial charge in [-0.25, -0.2) is 8.42 Å². The minimum atomic E-state index is -3.48. The van der Waals surface area contributed by atoms with E-state index in [2.05, 4.69) is 0 Å². The van der Waals surface area contributed by atoms with Crippen molar-refractivity contribution in [3.05, 3.63) is 39.9 Å². The molecule has 1 saturated carbocycles. The Kier molecular flexibility index (Phi) is 4.72. The first-order valence-electron chi connectivity index (χ1n) is 6.89. The number of hydrogen-bond donors (Lipinski definition) is 0. The van der Waals surface area contributed by atoms with Crippen LogP contribution in [0.4, 0.5) is 5.69 Å². The fourth-order valence-corrected chi connectivity index (χ4v) is 4.42. The van der Waals surface area contributed by atoms with Crippen molar-refractivity contribution in [1.82, 2.24) is 0 Å². The molecule has 0 spiro atoms. The molecule has 0 saturated heterocycles. The number of nitrogens with zero attached hydrogens (tertiary/aromatic N) is 1. The Labute approximate surface area is 123 Å². The van der Waals surface area contributed by atoms with Crippen molar-refractivity contribution in [1.29, 1.82) is 0 Å². The van der Waals surface area contributed by atoms with Crippen molar-refractivity contribution in [3.63, 3.8) is 0 Å². The largest absolute Gasteiger partial charge is 0.293 e. The summed E-state index contributed by atoms with van der Waals surface area (Å²) in [4.78, 5) is 22.2. The second kappa shape index (κ2) is 6.34. The van der Waals surface area contributed by atoms with Gasteiger partial charge in [0.25, 0.3) is 5.69 Å². The Morgan fingerprint density at radius 3 is 2.52 bits per heavy atom. The molecular formula is C14H17NO5S. The highest BCUT2D eigenvalue weighted by Gasteiger charge is 2.29. The molecule has 1 fully saturated rings. The molecule has 21 heavy (non-hydrogen) atoms. The number of ketones is 1. The Hall–Kier alpha value is -1.76. The van der Waals surface area contributed by atoms with E-state index >= 15 is 0 Å². The maximum Gasteiger partial charge on any atom is 0.270 e. The van der Waals surface area contributed by atoms with Gasteiger partial charge in [-0.2, -0.15) is 0 Å². The highest BCUT2D eigenvalue weighted by atomic mass is 32.2. The predicted octanol–water partition coefficient (Wildman–Crippen LogP) is 2.53. The van der Waals surface area contributed by atoms with E-state index in [0.717, 1.165) is 25.3 Å². The molecule has 2 rings (SSSR count). The lowest BCUT2D eigenvalue weighted by Gasteiger charge is -2.21. The molecule has 0 bridgehead atoms. The summed E-state index contributed by atoms with van der Waals surface area (Å²) in [6, 6.07) is 5.19. The third-order valence-corrected chi connectivity index (χ3v) is 5.92. The third-order valence-electron chi connectivity index (χ3n) is 3.77. The lowest BCUT2D eigenvalue weighted by molar-refractivity contribution is -0.384. The van der Waals surface area contributed by atoms with Gasteiger partial charge in [0, 0.05) is 17.7 Å². The molecule has 0 unspecified atom stereocenters. The van der Waals surface area contributed by atoms with Crippen LogP contribution in [0.2, 0.25) is 0 Å². The first-order valence-corrected chi connectivity index (χ1v) is 8.61. The summed E-state index contributed by atoms with van der Waals surface area (Å²) in [6.07, 6.45) is 3.98.